The number of thioether (sulfide) groups is 2. The molecular weight excluding hydrogens is 288 g/mol. The summed E-state index contributed by atoms with van der Waals surface area (Å²) in [6, 6.07) is 5.99. The van der Waals surface area contributed by atoms with Gasteiger partial charge in [0.1, 0.15) is 0 Å². The number of nitrogens with one attached hydrogen (secondary N) is 2. The Morgan fingerprint density at radius 3 is 3.20 bits per heavy atom. The third-order valence-corrected chi connectivity index (χ3v) is 6.56. The highest BCUT2D eigenvalue weighted by Gasteiger charge is 2.19. The summed E-state index contributed by atoms with van der Waals surface area (Å²) in [4.78, 5) is 12.4. The smallest absolute Gasteiger partial charge is 0.251 e. The number of carbonyl (C=O) groups excluding carboxylic acids is 1. The molecule has 1 atom stereocenters. The van der Waals surface area contributed by atoms with Gasteiger partial charge in [0.15, 0.2) is 0 Å². The van der Waals surface area contributed by atoms with Crippen molar-refractivity contribution in [1.82, 2.24) is 5.32 Å². The molecule has 1 saturated heterocycles. The van der Waals surface area contributed by atoms with Gasteiger partial charge in [0, 0.05) is 46.8 Å². The molecule has 3 rings (SSSR count). The van der Waals surface area contributed by atoms with Crippen molar-refractivity contribution >= 4 is 35.1 Å². The van der Waals surface area contributed by atoms with Gasteiger partial charge >= 0.3 is 0 Å². The molecule has 2 aliphatic rings. The molecule has 20 heavy (non-hydrogen) atoms. The fraction of sp³-hybridized carbons (Fsp3) is 0.533. The van der Waals surface area contributed by atoms with Gasteiger partial charge in [0.2, 0.25) is 0 Å². The quantitative estimate of drug-likeness (QED) is 0.901. The molecule has 1 fully saturated rings. The average molecular weight is 308 g/mol. The highest BCUT2D eigenvalue weighted by molar-refractivity contribution is 8.06. The summed E-state index contributed by atoms with van der Waals surface area (Å²) in [6.45, 7) is 1.79. The molecule has 5 heteroatoms. The highest BCUT2D eigenvalue weighted by Crippen LogP contribution is 2.26. The SMILES string of the molecule is O=C(NCC1CSCCS1)c1cccc2c1CCCN2. The second kappa shape index (κ2) is 6.76. The summed E-state index contributed by atoms with van der Waals surface area (Å²) in [7, 11) is 0. The molecule has 0 aliphatic carbocycles. The van der Waals surface area contributed by atoms with E-state index in [2.05, 4.69) is 16.7 Å². The molecule has 0 radical (unpaired) electrons. The Morgan fingerprint density at radius 2 is 2.35 bits per heavy atom. The summed E-state index contributed by atoms with van der Waals surface area (Å²) >= 11 is 3.97. The van der Waals surface area contributed by atoms with Gasteiger partial charge in [-0.3, -0.25) is 4.79 Å². The van der Waals surface area contributed by atoms with Crippen molar-refractivity contribution in [3.8, 4) is 0 Å². The Hall–Kier alpha value is -0.810. The van der Waals surface area contributed by atoms with E-state index in [1.165, 1.54) is 17.1 Å². The third kappa shape index (κ3) is 3.26. The molecule has 2 aliphatic heterocycles. The van der Waals surface area contributed by atoms with Crippen LogP contribution in [0.3, 0.4) is 0 Å². The maximum atomic E-state index is 12.4. The molecule has 3 nitrogen and oxygen atoms in total. The first-order valence-electron chi connectivity index (χ1n) is 7.18. The molecule has 0 aromatic heterocycles. The van der Waals surface area contributed by atoms with E-state index in [1.807, 2.05) is 35.7 Å². The number of amides is 1. The van der Waals surface area contributed by atoms with Crippen LogP contribution in [0.1, 0.15) is 22.3 Å². The number of anilines is 1. The zero-order valence-corrected chi connectivity index (χ0v) is 13.1. The van der Waals surface area contributed by atoms with Crippen LogP contribution in [0.2, 0.25) is 0 Å². The molecule has 1 aromatic carbocycles. The number of rotatable bonds is 3. The fourth-order valence-corrected chi connectivity index (χ4v) is 5.29. The van der Waals surface area contributed by atoms with Crippen molar-refractivity contribution in [3.63, 3.8) is 0 Å². The number of hydrogen-bond acceptors (Lipinski definition) is 4. The maximum Gasteiger partial charge on any atom is 0.251 e. The molecule has 0 bridgehead atoms. The van der Waals surface area contributed by atoms with Crippen molar-refractivity contribution in [1.29, 1.82) is 0 Å². The van der Waals surface area contributed by atoms with E-state index in [4.69, 9.17) is 0 Å². The minimum Gasteiger partial charge on any atom is -0.385 e. The van der Waals surface area contributed by atoms with Gasteiger partial charge in [-0.15, -0.1) is 0 Å². The highest BCUT2D eigenvalue weighted by atomic mass is 32.2. The summed E-state index contributed by atoms with van der Waals surface area (Å²) < 4.78 is 0. The standard InChI is InChI=1S/C15H20N2OS2/c18-15(17-9-11-10-19-7-8-20-11)13-3-1-5-14-12(13)4-2-6-16-14/h1,3,5,11,16H,2,4,6-10H2,(H,17,18). The van der Waals surface area contributed by atoms with Crippen LogP contribution in [0.15, 0.2) is 18.2 Å². The average Bonchev–Trinajstić information content (AvgIpc) is 2.53. The van der Waals surface area contributed by atoms with Crippen LogP contribution in [-0.2, 0) is 6.42 Å². The zero-order valence-electron chi connectivity index (χ0n) is 11.5. The van der Waals surface area contributed by atoms with E-state index in [1.54, 1.807) is 0 Å². The van der Waals surface area contributed by atoms with Crippen molar-refractivity contribution in [3.05, 3.63) is 29.3 Å². The summed E-state index contributed by atoms with van der Waals surface area (Å²) in [6.07, 6.45) is 2.10. The van der Waals surface area contributed by atoms with Gasteiger partial charge in [-0.25, -0.2) is 0 Å². The Balaban J connectivity index is 1.64. The third-order valence-electron chi connectivity index (χ3n) is 3.71. The lowest BCUT2D eigenvalue weighted by atomic mass is 9.97. The van der Waals surface area contributed by atoms with Gasteiger partial charge in [-0.1, -0.05) is 6.07 Å². The van der Waals surface area contributed by atoms with Gasteiger partial charge in [-0.05, 0) is 30.5 Å². The lowest BCUT2D eigenvalue weighted by Crippen LogP contribution is -2.34. The van der Waals surface area contributed by atoms with Crippen molar-refractivity contribution in [2.45, 2.75) is 18.1 Å². The second-order valence-corrected chi connectivity index (χ2v) is 7.70. The number of benzene rings is 1. The first-order chi connectivity index (χ1) is 9.84. The molecule has 0 saturated carbocycles. The van der Waals surface area contributed by atoms with Crippen LogP contribution in [0.25, 0.3) is 0 Å². The summed E-state index contributed by atoms with van der Waals surface area (Å²) in [5, 5.41) is 7.06. The first kappa shape index (κ1) is 14.1. The van der Waals surface area contributed by atoms with Crippen LogP contribution in [0, 0.1) is 0 Å². The predicted molar refractivity (Wildman–Crippen MR) is 89.2 cm³/mol. The van der Waals surface area contributed by atoms with E-state index in [0.717, 1.165) is 42.9 Å². The molecule has 2 heterocycles. The van der Waals surface area contributed by atoms with Crippen molar-refractivity contribution in [2.75, 3.05) is 35.7 Å². The topological polar surface area (TPSA) is 41.1 Å². The minimum absolute atomic E-state index is 0.0849. The Kier molecular flexibility index (Phi) is 4.78. The lowest BCUT2D eigenvalue weighted by molar-refractivity contribution is 0.0953. The van der Waals surface area contributed by atoms with Crippen LogP contribution in [0.4, 0.5) is 5.69 Å². The molecule has 108 valence electrons. The number of hydrogen-bond donors (Lipinski definition) is 2. The van der Waals surface area contributed by atoms with Crippen molar-refractivity contribution < 1.29 is 4.79 Å². The number of fused-ring (bicyclic) bond motifs is 1. The Labute approximate surface area is 128 Å². The van der Waals surface area contributed by atoms with E-state index >= 15 is 0 Å². The normalized spacial score (nSPS) is 21.7. The van der Waals surface area contributed by atoms with Crippen LogP contribution in [-0.4, -0.2) is 41.5 Å². The van der Waals surface area contributed by atoms with Crippen LogP contribution < -0.4 is 10.6 Å². The van der Waals surface area contributed by atoms with E-state index in [9.17, 15) is 4.79 Å². The van der Waals surface area contributed by atoms with Crippen LogP contribution in [0.5, 0.6) is 0 Å². The molecule has 1 amide bonds. The summed E-state index contributed by atoms with van der Waals surface area (Å²) in [5.41, 5.74) is 3.16. The Bertz CT molecular complexity index is 487. The lowest BCUT2D eigenvalue weighted by Gasteiger charge is -2.23. The first-order valence-corrected chi connectivity index (χ1v) is 9.38. The Morgan fingerprint density at radius 1 is 1.40 bits per heavy atom. The monoisotopic (exact) mass is 308 g/mol. The van der Waals surface area contributed by atoms with Gasteiger partial charge in [0.25, 0.3) is 5.91 Å². The maximum absolute atomic E-state index is 12.4. The van der Waals surface area contributed by atoms with Gasteiger partial charge < -0.3 is 10.6 Å². The van der Waals surface area contributed by atoms with E-state index in [0.29, 0.717) is 5.25 Å². The number of carbonyl (C=O) groups is 1. The fourth-order valence-electron chi connectivity index (χ4n) is 2.68. The van der Waals surface area contributed by atoms with Gasteiger partial charge in [-0.2, -0.15) is 23.5 Å². The molecule has 0 spiro atoms. The summed E-state index contributed by atoms with van der Waals surface area (Å²) in [5.74, 6) is 3.68. The second-order valence-electron chi connectivity index (χ2n) is 5.14. The molecule has 1 unspecified atom stereocenters. The van der Waals surface area contributed by atoms with Gasteiger partial charge in [0.05, 0.1) is 0 Å². The van der Waals surface area contributed by atoms with E-state index in [-0.39, 0.29) is 5.91 Å². The largest absolute Gasteiger partial charge is 0.385 e. The molecular formula is C15H20N2OS2. The predicted octanol–water partition coefficient (Wildman–Crippen LogP) is 2.62. The van der Waals surface area contributed by atoms with Crippen LogP contribution >= 0.6 is 23.5 Å². The minimum atomic E-state index is 0.0849. The molecule has 1 aromatic rings. The van der Waals surface area contributed by atoms with Crippen molar-refractivity contribution in [2.24, 2.45) is 0 Å². The zero-order chi connectivity index (χ0) is 13.8. The molecule has 2 N–H and O–H groups in total. The van der Waals surface area contributed by atoms with E-state index < -0.39 is 0 Å².